The summed E-state index contributed by atoms with van der Waals surface area (Å²) in [4.78, 5) is 24.9. The van der Waals surface area contributed by atoms with Gasteiger partial charge >= 0.3 is 11.9 Å². The largest absolute Gasteiger partial charge is 0.465 e. The molecular weight excluding hydrogens is 432 g/mol. The Morgan fingerprint density at radius 1 is 0.714 bits per heavy atom. The molecule has 0 aromatic heterocycles. The highest BCUT2D eigenvalue weighted by Crippen LogP contribution is 2.32. The van der Waals surface area contributed by atoms with Gasteiger partial charge in [0, 0.05) is 0 Å². The number of ether oxygens (including phenoxy) is 2. The van der Waals surface area contributed by atoms with Crippen LogP contribution in [-0.4, -0.2) is 59.7 Å². The quantitative estimate of drug-likeness (QED) is 0.193. The lowest BCUT2D eigenvalue weighted by atomic mass is 9.79. The van der Waals surface area contributed by atoms with Gasteiger partial charge in [0.15, 0.2) is 0 Å². The third-order valence-electron chi connectivity index (χ3n) is 4.62. The van der Waals surface area contributed by atoms with Gasteiger partial charge in [-0.05, 0) is 73.0 Å². The lowest BCUT2D eigenvalue weighted by Gasteiger charge is -2.28. The molecule has 0 amide bonds. The maximum absolute atomic E-state index is 12.5. The van der Waals surface area contributed by atoms with Crippen molar-refractivity contribution in [1.82, 2.24) is 0 Å². The van der Waals surface area contributed by atoms with Crippen LogP contribution in [0.4, 0.5) is 0 Å². The molecule has 1 aliphatic rings. The van der Waals surface area contributed by atoms with E-state index in [1.54, 1.807) is 0 Å². The van der Waals surface area contributed by atoms with Crippen molar-refractivity contribution < 1.29 is 19.1 Å². The maximum atomic E-state index is 12.5. The third-order valence-corrected chi connectivity index (χ3v) is 7.56. The van der Waals surface area contributed by atoms with Crippen LogP contribution >= 0.6 is 48.8 Å². The SMILES string of the molecule is O=C(OCCCSCCCS)C1CCCCC1C(=O)OCCCSCCCS. The molecule has 0 aliphatic heterocycles. The molecule has 164 valence electrons. The number of hydrogen-bond donors (Lipinski definition) is 2. The molecule has 1 fully saturated rings. The molecule has 0 aromatic carbocycles. The molecule has 28 heavy (non-hydrogen) atoms. The van der Waals surface area contributed by atoms with E-state index in [0.717, 1.165) is 85.9 Å². The Hall–Kier alpha value is 0.340. The first-order valence-corrected chi connectivity index (χ1v) is 14.0. The minimum absolute atomic E-state index is 0.218. The van der Waals surface area contributed by atoms with Crippen molar-refractivity contribution in [3.8, 4) is 0 Å². The van der Waals surface area contributed by atoms with Gasteiger partial charge in [0.1, 0.15) is 0 Å². The summed E-state index contributed by atoms with van der Waals surface area (Å²) in [6.07, 6.45) is 7.34. The number of esters is 2. The van der Waals surface area contributed by atoms with E-state index in [2.05, 4.69) is 25.3 Å². The van der Waals surface area contributed by atoms with E-state index >= 15 is 0 Å². The second-order valence-electron chi connectivity index (χ2n) is 6.92. The molecule has 0 saturated heterocycles. The van der Waals surface area contributed by atoms with E-state index in [-0.39, 0.29) is 23.8 Å². The van der Waals surface area contributed by atoms with Crippen LogP contribution in [0.25, 0.3) is 0 Å². The minimum atomic E-state index is -0.331. The zero-order chi connectivity index (χ0) is 20.5. The zero-order valence-corrected chi connectivity index (χ0v) is 20.2. The van der Waals surface area contributed by atoms with Gasteiger partial charge in [-0.15, -0.1) is 0 Å². The van der Waals surface area contributed by atoms with E-state index in [1.165, 1.54) is 0 Å². The average Bonchev–Trinajstić information content (AvgIpc) is 2.72. The highest BCUT2D eigenvalue weighted by atomic mass is 32.2. The third kappa shape index (κ3) is 12.1. The number of rotatable bonds is 16. The lowest BCUT2D eigenvalue weighted by molar-refractivity contribution is -0.162. The molecule has 0 aromatic rings. The van der Waals surface area contributed by atoms with Crippen molar-refractivity contribution in [1.29, 1.82) is 0 Å². The molecule has 0 N–H and O–H groups in total. The fourth-order valence-electron chi connectivity index (χ4n) is 3.11. The molecule has 0 bridgehead atoms. The van der Waals surface area contributed by atoms with Crippen LogP contribution in [0, 0.1) is 11.8 Å². The molecule has 8 heteroatoms. The van der Waals surface area contributed by atoms with Crippen LogP contribution in [0.15, 0.2) is 0 Å². The normalized spacial score (nSPS) is 19.4. The van der Waals surface area contributed by atoms with Crippen LogP contribution in [0.1, 0.15) is 51.4 Å². The Morgan fingerprint density at radius 3 is 1.50 bits per heavy atom. The number of carbonyl (C=O) groups is 2. The first-order chi connectivity index (χ1) is 13.7. The predicted molar refractivity (Wildman–Crippen MR) is 128 cm³/mol. The lowest BCUT2D eigenvalue weighted by Crippen LogP contribution is -2.35. The molecule has 0 spiro atoms. The van der Waals surface area contributed by atoms with Gasteiger partial charge in [-0.3, -0.25) is 9.59 Å². The molecular formula is C20H36O4S4. The van der Waals surface area contributed by atoms with Crippen molar-refractivity contribution in [3.05, 3.63) is 0 Å². The van der Waals surface area contributed by atoms with Crippen molar-refractivity contribution in [3.63, 3.8) is 0 Å². The summed E-state index contributed by atoms with van der Waals surface area (Å²) in [5.74, 6) is 4.90. The fourth-order valence-corrected chi connectivity index (χ4v) is 5.61. The summed E-state index contributed by atoms with van der Waals surface area (Å²) in [7, 11) is 0. The first kappa shape index (κ1) is 26.4. The van der Waals surface area contributed by atoms with Crippen molar-refractivity contribution in [2.75, 3.05) is 47.7 Å². The van der Waals surface area contributed by atoms with Crippen LogP contribution in [0.2, 0.25) is 0 Å². The van der Waals surface area contributed by atoms with Gasteiger partial charge in [0.25, 0.3) is 0 Å². The molecule has 1 saturated carbocycles. The second kappa shape index (κ2) is 18.1. The standard InChI is InChI=1S/C20H36O4S4/c21-19(23-9-3-13-27-15-5-11-25)17-7-1-2-8-18(17)20(22)24-10-4-14-28-16-6-12-26/h17-18,25-26H,1-16H2. The number of hydrogen-bond acceptors (Lipinski definition) is 8. The number of thiol groups is 2. The number of carbonyl (C=O) groups excluding carboxylic acids is 2. The highest BCUT2D eigenvalue weighted by Gasteiger charge is 2.37. The smallest absolute Gasteiger partial charge is 0.309 e. The van der Waals surface area contributed by atoms with E-state index in [9.17, 15) is 9.59 Å². The fraction of sp³-hybridized carbons (Fsp3) is 0.900. The molecule has 1 aliphatic carbocycles. The highest BCUT2D eigenvalue weighted by molar-refractivity contribution is 7.99. The van der Waals surface area contributed by atoms with Crippen molar-refractivity contribution in [2.24, 2.45) is 11.8 Å². The Morgan fingerprint density at radius 2 is 1.11 bits per heavy atom. The van der Waals surface area contributed by atoms with Gasteiger partial charge < -0.3 is 9.47 Å². The average molecular weight is 469 g/mol. The molecule has 2 atom stereocenters. The van der Waals surface area contributed by atoms with E-state index in [1.807, 2.05) is 23.5 Å². The molecule has 1 rings (SSSR count). The van der Waals surface area contributed by atoms with Gasteiger partial charge in [0.05, 0.1) is 25.0 Å². The summed E-state index contributed by atoms with van der Waals surface area (Å²) < 4.78 is 10.9. The summed E-state index contributed by atoms with van der Waals surface area (Å²) >= 11 is 12.1. The Balaban J connectivity index is 2.23. The Labute approximate surface area is 190 Å². The second-order valence-corrected chi connectivity index (χ2v) is 10.3. The van der Waals surface area contributed by atoms with Crippen molar-refractivity contribution in [2.45, 2.75) is 51.4 Å². The van der Waals surface area contributed by atoms with Gasteiger partial charge in [-0.25, -0.2) is 0 Å². The van der Waals surface area contributed by atoms with E-state index < -0.39 is 0 Å². The van der Waals surface area contributed by atoms with E-state index in [4.69, 9.17) is 9.47 Å². The van der Waals surface area contributed by atoms with Crippen LogP contribution in [0.5, 0.6) is 0 Å². The first-order valence-electron chi connectivity index (χ1n) is 10.4. The Kier molecular flexibility index (Phi) is 17.1. The monoisotopic (exact) mass is 468 g/mol. The minimum Gasteiger partial charge on any atom is -0.465 e. The van der Waals surface area contributed by atoms with Gasteiger partial charge in [0.2, 0.25) is 0 Å². The molecule has 4 nitrogen and oxygen atoms in total. The van der Waals surface area contributed by atoms with Crippen molar-refractivity contribution >= 4 is 60.7 Å². The summed E-state index contributed by atoms with van der Waals surface area (Å²) in [5.41, 5.74) is 0. The summed E-state index contributed by atoms with van der Waals surface area (Å²) in [6.45, 7) is 0.878. The van der Waals surface area contributed by atoms with Crippen LogP contribution < -0.4 is 0 Å². The maximum Gasteiger partial charge on any atom is 0.309 e. The van der Waals surface area contributed by atoms with Gasteiger partial charge in [-0.2, -0.15) is 48.8 Å². The Bertz CT molecular complexity index is 385. The van der Waals surface area contributed by atoms with Crippen LogP contribution in [-0.2, 0) is 19.1 Å². The molecule has 2 unspecified atom stereocenters. The van der Waals surface area contributed by atoms with E-state index in [0.29, 0.717) is 13.2 Å². The predicted octanol–water partition coefficient (Wildman–Crippen LogP) is 4.77. The van der Waals surface area contributed by atoms with Crippen LogP contribution in [0.3, 0.4) is 0 Å². The molecule has 0 heterocycles. The summed E-state index contributed by atoms with van der Waals surface area (Å²) in [5, 5.41) is 0. The van der Waals surface area contributed by atoms with Gasteiger partial charge in [-0.1, -0.05) is 12.8 Å². The molecule has 0 radical (unpaired) electrons. The zero-order valence-electron chi connectivity index (χ0n) is 16.8. The summed E-state index contributed by atoms with van der Waals surface area (Å²) in [6, 6.07) is 0. The topological polar surface area (TPSA) is 52.6 Å². The number of thioether (sulfide) groups is 2.